The summed E-state index contributed by atoms with van der Waals surface area (Å²) in [5, 5.41) is 2.74. The highest BCUT2D eigenvalue weighted by Gasteiger charge is 2.31. The van der Waals surface area contributed by atoms with Crippen LogP contribution in [0.5, 0.6) is 0 Å². The van der Waals surface area contributed by atoms with Gasteiger partial charge in [0.05, 0.1) is 11.4 Å². The van der Waals surface area contributed by atoms with Gasteiger partial charge in [-0.2, -0.15) is 0 Å². The fourth-order valence-corrected chi connectivity index (χ4v) is 2.33. The molecule has 2 amide bonds. The summed E-state index contributed by atoms with van der Waals surface area (Å²) in [6.45, 7) is 2.06. The first-order valence-corrected chi connectivity index (χ1v) is 6.38. The van der Waals surface area contributed by atoms with Crippen LogP contribution in [-0.4, -0.2) is 24.2 Å². The predicted octanol–water partition coefficient (Wildman–Crippen LogP) is 2.24. The molecule has 1 aromatic carbocycles. The van der Waals surface area contributed by atoms with E-state index in [2.05, 4.69) is 5.32 Å². The minimum absolute atomic E-state index is 0.0541. The van der Waals surface area contributed by atoms with E-state index in [4.69, 9.17) is 11.6 Å². The maximum Gasteiger partial charge on any atom is 0.227 e. The van der Waals surface area contributed by atoms with E-state index in [0.29, 0.717) is 24.5 Å². The van der Waals surface area contributed by atoms with Gasteiger partial charge >= 0.3 is 0 Å². The molecule has 1 aromatic rings. The minimum Gasteiger partial charge on any atom is -0.325 e. The SMILES string of the molecule is CC(=O)Nc1ccccc1N1CC(CCl)CC1=O. The molecule has 1 atom stereocenters. The summed E-state index contributed by atoms with van der Waals surface area (Å²) >= 11 is 5.80. The maximum absolute atomic E-state index is 11.9. The van der Waals surface area contributed by atoms with Crippen molar-refractivity contribution in [2.45, 2.75) is 13.3 Å². The molecule has 1 N–H and O–H groups in total. The van der Waals surface area contributed by atoms with Crippen molar-refractivity contribution in [1.29, 1.82) is 0 Å². The van der Waals surface area contributed by atoms with Crippen molar-refractivity contribution < 1.29 is 9.59 Å². The number of amides is 2. The van der Waals surface area contributed by atoms with Crippen molar-refractivity contribution in [1.82, 2.24) is 0 Å². The number of para-hydroxylation sites is 2. The normalized spacial score (nSPS) is 19.1. The number of carbonyl (C=O) groups is 2. The quantitative estimate of drug-likeness (QED) is 0.853. The molecule has 18 heavy (non-hydrogen) atoms. The highest BCUT2D eigenvalue weighted by atomic mass is 35.5. The number of halogens is 1. The van der Waals surface area contributed by atoms with Gasteiger partial charge in [-0.05, 0) is 18.1 Å². The van der Waals surface area contributed by atoms with Crippen molar-refractivity contribution in [2.75, 3.05) is 22.6 Å². The van der Waals surface area contributed by atoms with Crippen molar-refractivity contribution >= 4 is 34.8 Å². The maximum atomic E-state index is 11.9. The lowest BCUT2D eigenvalue weighted by Gasteiger charge is -2.20. The zero-order valence-corrected chi connectivity index (χ0v) is 10.9. The molecule has 0 radical (unpaired) electrons. The average Bonchev–Trinajstić information content (AvgIpc) is 2.70. The summed E-state index contributed by atoms with van der Waals surface area (Å²) in [6.07, 6.45) is 0.470. The van der Waals surface area contributed by atoms with Gasteiger partial charge in [-0.15, -0.1) is 11.6 Å². The highest BCUT2D eigenvalue weighted by Crippen LogP contribution is 2.31. The minimum atomic E-state index is -0.150. The van der Waals surface area contributed by atoms with Gasteiger partial charge < -0.3 is 10.2 Å². The van der Waals surface area contributed by atoms with Crippen LogP contribution in [0.3, 0.4) is 0 Å². The molecule has 5 heteroatoms. The summed E-state index contributed by atoms with van der Waals surface area (Å²) in [5.74, 6) is 0.566. The van der Waals surface area contributed by atoms with E-state index in [1.165, 1.54) is 6.92 Å². The van der Waals surface area contributed by atoms with Gasteiger partial charge in [-0.1, -0.05) is 12.1 Å². The van der Waals surface area contributed by atoms with Crippen LogP contribution in [0.4, 0.5) is 11.4 Å². The van der Waals surface area contributed by atoms with Gasteiger partial charge in [0, 0.05) is 25.8 Å². The molecule has 1 fully saturated rings. The van der Waals surface area contributed by atoms with Crippen LogP contribution in [0.1, 0.15) is 13.3 Å². The fourth-order valence-electron chi connectivity index (χ4n) is 2.12. The van der Waals surface area contributed by atoms with E-state index in [9.17, 15) is 9.59 Å². The molecule has 1 saturated heterocycles. The molecule has 2 rings (SSSR count). The van der Waals surface area contributed by atoms with Crippen LogP contribution >= 0.6 is 11.6 Å². The number of nitrogens with zero attached hydrogens (tertiary/aromatic N) is 1. The number of alkyl halides is 1. The lowest BCUT2D eigenvalue weighted by atomic mass is 10.1. The Morgan fingerprint density at radius 1 is 1.50 bits per heavy atom. The van der Waals surface area contributed by atoms with Crippen LogP contribution in [-0.2, 0) is 9.59 Å². The largest absolute Gasteiger partial charge is 0.325 e. The van der Waals surface area contributed by atoms with Crippen LogP contribution in [0.15, 0.2) is 24.3 Å². The van der Waals surface area contributed by atoms with E-state index in [1.54, 1.807) is 11.0 Å². The first-order valence-electron chi connectivity index (χ1n) is 5.84. The Morgan fingerprint density at radius 3 is 2.83 bits per heavy atom. The Labute approximate surface area is 111 Å². The zero-order chi connectivity index (χ0) is 13.1. The van der Waals surface area contributed by atoms with E-state index in [0.717, 1.165) is 5.69 Å². The molecule has 1 unspecified atom stereocenters. The smallest absolute Gasteiger partial charge is 0.227 e. The van der Waals surface area contributed by atoms with Gasteiger partial charge in [0.2, 0.25) is 11.8 Å². The van der Waals surface area contributed by atoms with Gasteiger partial charge in [0.1, 0.15) is 0 Å². The molecule has 1 aliphatic rings. The molecule has 0 aliphatic carbocycles. The van der Waals surface area contributed by atoms with Crippen molar-refractivity contribution in [3.63, 3.8) is 0 Å². The Bertz CT molecular complexity index is 476. The number of nitrogens with one attached hydrogen (secondary N) is 1. The molecule has 0 aromatic heterocycles. The zero-order valence-electron chi connectivity index (χ0n) is 10.1. The van der Waals surface area contributed by atoms with E-state index < -0.39 is 0 Å². The van der Waals surface area contributed by atoms with E-state index in [1.807, 2.05) is 18.2 Å². The summed E-state index contributed by atoms with van der Waals surface area (Å²) in [4.78, 5) is 24.8. The number of rotatable bonds is 3. The van der Waals surface area contributed by atoms with Gasteiger partial charge in [-0.25, -0.2) is 0 Å². The average molecular weight is 267 g/mol. The topological polar surface area (TPSA) is 49.4 Å². The van der Waals surface area contributed by atoms with Gasteiger partial charge in [0.15, 0.2) is 0 Å². The van der Waals surface area contributed by atoms with Crippen LogP contribution in [0.25, 0.3) is 0 Å². The summed E-state index contributed by atoms with van der Waals surface area (Å²) in [7, 11) is 0. The molecular formula is C13H15ClN2O2. The first-order chi connectivity index (χ1) is 8.61. The highest BCUT2D eigenvalue weighted by molar-refractivity contribution is 6.18. The van der Waals surface area contributed by atoms with E-state index in [-0.39, 0.29) is 17.7 Å². The standard InChI is InChI=1S/C13H15ClN2O2/c1-9(17)15-11-4-2-3-5-12(11)16-8-10(7-14)6-13(16)18/h2-5,10H,6-8H2,1H3,(H,15,17). The molecule has 1 aliphatic heterocycles. The predicted molar refractivity (Wildman–Crippen MR) is 71.9 cm³/mol. The summed E-state index contributed by atoms with van der Waals surface area (Å²) < 4.78 is 0. The second-order valence-corrected chi connectivity index (χ2v) is 4.74. The molecule has 0 spiro atoms. The third-order valence-corrected chi connectivity index (χ3v) is 3.37. The Hall–Kier alpha value is -1.55. The van der Waals surface area contributed by atoms with Crippen molar-refractivity contribution in [3.8, 4) is 0 Å². The summed E-state index contributed by atoms with van der Waals surface area (Å²) in [5.41, 5.74) is 1.40. The molecule has 0 saturated carbocycles. The third-order valence-electron chi connectivity index (χ3n) is 2.93. The molecular weight excluding hydrogens is 252 g/mol. The molecule has 4 nitrogen and oxygen atoms in total. The number of hydrogen-bond donors (Lipinski definition) is 1. The lowest BCUT2D eigenvalue weighted by Crippen LogP contribution is -2.26. The first kappa shape index (κ1) is 12.9. The van der Waals surface area contributed by atoms with Crippen molar-refractivity contribution in [3.05, 3.63) is 24.3 Å². The van der Waals surface area contributed by atoms with Crippen LogP contribution < -0.4 is 10.2 Å². The van der Waals surface area contributed by atoms with Crippen molar-refractivity contribution in [2.24, 2.45) is 5.92 Å². The van der Waals surface area contributed by atoms with Gasteiger partial charge in [-0.3, -0.25) is 9.59 Å². The Balaban J connectivity index is 2.27. The molecule has 0 bridgehead atoms. The van der Waals surface area contributed by atoms with Crippen LogP contribution in [0.2, 0.25) is 0 Å². The summed E-state index contributed by atoms with van der Waals surface area (Å²) in [6, 6.07) is 7.30. The second kappa shape index (κ2) is 5.40. The monoisotopic (exact) mass is 266 g/mol. The number of anilines is 2. The van der Waals surface area contributed by atoms with Crippen LogP contribution in [0, 0.1) is 5.92 Å². The van der Waals surface area contributed by atoms with E-state index >= 15 is 0 Å². The fraction of sp³-hybridized carbons (Fsp3) is 0.385. The van der Waals surface area contributed by atoms with Gasteiger partial charge in [0.25, 0.3) is 0 Å². The molecule has 96 valence electrons. The lowest BCUT2D eigenvalue weighted by molar-refractivity contribution is -0.117. The molecule has 1 heterocycles. The second-order valence-electron chi connectivity index (χ2n) is 4.43. The Kier molecular flexibility index (Phi) is 3.87. The Morgan fingerprint density at radius 2 is 2.22 bits per heavy atom. The third kappa shape index (κ3) is 2.64. The number of hydrogen-bond acceptors (Lipinski definition) is 2. The number of benzene rings is 1. The number of carbonyl (C=O) groups excluding carboxylic acids is 2.